The van der Waals surface area contributed by atoms with Gasteiger partial charge in [-0.15, -0.1) is 11.6 Å². The summed E-state index contributed by atoms with van der Waals surface area (Å²) in [6, 6.07) is 0. The average Bonchev–Trinajstić information content (AvgIpc) is 2.36. The third kappa shape index (κ3) is 0.845. The predicted octanol–water partition coefficient (Wildman–Crippen LogP) is 2.28. The van der Waals surface area contributed by atoms with Gasteiger partial charge in [0.05, 0.1) is 4.87 Å². The first kappa shape index (κ1) is 9.59. The van der Waals surface area contributed by atoms with Gasteiger partial charge in [0.1, 0.15) is 5.41 Å². The van der Waals surface area contributed by atoms with Crippen molar-refractivity contribution in [2.75, 3.05) is 0 Å². The Labute approximate surface area is 77.2 Å². The zero-order chi connectivity index (χ0) is 9.57. The van der Waals surface area contributed by atoms with E-state index in [0.717, 1.165) is 0 Å². The number of hydrogen-bond donors (Lipinski definition) is 1. The molecule has 3 heteroatoms. The second-order valence-electron chi connectivity index (χ2n) is 3.47. The van der Waals surface area contributed by atoms with E-state index in [9.17, 15) is 4.79 Å². The largest absolute Gasteiger partial charge is 0.481 e. The molecule has 3 atom stereocenters. The number of carbonyl (C=O) groups is 1. The summed E-state index contributed by atoms with van der Waals surface area (Å²) in [5, 5.41) is 9.01. The van der Waals surface area contributed by atoms with Crippen LogP contribution in [0, 0.1) is 11.3 Å². The summed E-state index contributed by atoms with van der Waals surface area (Å²) in [4.78, 5) is 10.3. The van der Waals surface area contributed by atoms with Crippen molar-refractivity contribution in [2.24, 2.45) is 11.3 Å². The van der Waals surface area contributed by atoms with Crippen LogP contribution in [-0.4, -0.2) is 16.0 Å². The Hall–Kier alpha value is -0.500. The second-order valence-corrected chi connectivity index (χ2v) is 4.26. The number of rotatable bonds is 2. The van der Waals surface area contributed by atoms with Gasteiger partial charge in [0.25, 0.3) is 0 Å². The summed E-state index contributed by atoms with van der Waals surface area (Å²) in [5.74, 6) is -0.828. The van der Waals surface area contributed by atoms with Crippen LogP contribution >= 0.6 is 11.6 Å². The smallest absolute Gasteiger partial charge is 0.315 e. The Morgan fingerprint density at radius 1 is 1.67 bits per heavy atom. The molecular weight excluding hydrogens is 176 g/mol. The zero-order valence-corrected chi connectivity index (χ0v) is 8.22. The number of halogens is 1. The highest BCUT2D eigenvalue weighted by molar-refractivity contribution is 6.29. The molecule has 1 aliphatic carbocycles. The fourth-order valence-corrected chi connectivity index (χ4v) is 2.29. The molecule has 0 radical (unpaired) electrons. The van der Waals surface area contributed by atoms with E-state index in [-0.39, 0.29) is 5.92 Å². The SMILES string of the molecule is CC=CC1(C(=O)O)C(C)C1(C)Cl. The average molecular weight is 189 g/mol. The number of alkyl halides is 1. The van der Waals surface area contributed by atoms with Gasteiger partial charge in [0.2, 0.25) is 0 Å². The lowest BCUT2D eigenvalue weighted by atomic mass is 10.0. The second kappa shape index (κ2) is 2.49. The topological polar surface area (TPSA) is 37.3 Å². The van der Waals surface area contributed by atoms with Gasteiger partial charge in [-0.3, -0.25) is 4.79 Å². The van der Waals surface area contributed by atoms with Crippen LogP contribution in [0.1, 0.15) is 20.8 Å². The van der Waals surface area contributed by atoms with E-state index in [0.29, 0.717) is 0 Å². The predicted molar refractivity (Wildman–Crippen MR) is 48.3 cm³/mol. The molecule has 0 bridgehead atoms. The third-order valence-corrected chi connectivity index (χ3v) is 3.65. The molecule has 12 heavy (non-hydrogen) atoms. The first-order chi connectivity index (χ1) is 5.41. The van der Waals surface area contributed by atoms with Gasteiger partial charge < -0.3 is 5.11 Å². The normalized spacial score (nSPS) is 46.5. The van der Waals surface area contributed by atoms with E-state index in [1.165, 1.54) is 0 Å². The lowest BCUT2D eigenvalue weighted by Gasteiger charge is -2.07. The summed E-state index contributed by atoms with van der Waals surface area (Å²) in [6.45, 7) is 5.44. The molecule has 1 saturated carbocycles. The number of aliphatic carboxylic acids is 1. The molecule has 0 aliphatic heterocycles. The Bertz CT molecular complexity index is 245. The molecule has 1 rings (SSSR count). The van der Waals surface area contributed by atoms with Crippen molar-refractivity contribution < 1.29 is 9.90 Å². The molecule has 1 aliphatic rings. The molecule has 1 fully saturated rings. The number of carboxylic acids is 1. The minimum Gasteiger partial charge on any atom is -0.481 e. The molecule has 0 saturated heterocycles. The molecule has 0 aromatic heterocycles. The number of carboxylic acid groups (broad SMARTS) is 1. The fraction of sp³-hybridized carbons (Fsp3) is 0.667. The van der Waals surface area contributed by atoms with Crippen LogP contribution in [-0.2, 0) is 4.79 Å². The van der Waals surface area contributed by atoms with Crippen LogP contribution in [0.3, 0.4) is 0 Å². The van der Waals surface area contributed by atoms with Crippen molar-refractivity contribution in [3.05, 3.63) is 12.2 Å². The molecule has 0 aromatic rings. The first-order valence-electron chi connectivity index (χ1n) is 3.97. The van der Waals surface area contributed by atoms with Crippen LogP contribution in [0.4, 0.5) is 0 Å². The monoisotopic (exact) mass is 188 g/mol. The quantitative estimate of drug-likeness (QED) is 0.533. The summed E-state index contributed by atoms with van der Waals surface area (Å²) in [6.07, 6.45) is 3.44. The molecule has 1 N–H and O–H groups in total. The Morgan fingerprint density at radius 3 is 2.17 bits per heavy atom. The molecule has 0 spiro atoms. The highest BCUT2D eigenvalue weighted by atomic mass is 35.5. The van der Waals surface area contributed by atoms with E-state index < -0.39 is 16.3 Å². The van der Waals surface area contributed by atoms with Crippen LogP contribution < -0.4 is 0 Å². The van der Waals surface area contributed by atoms with Gasteiger partial charge >= 0.3 is 5.97 Å². The van der Waals surface area contributed by atoms with Crippen molar-refractivity contribution in [3.8, 4) is 0 Å². The van der Waals surface area contributed by atoms with E-state index in [4.69, 9.17) is 16.7 Å². The molecule has 0 heterocycles. The van der Waals surface area contributed by atoms with Gasteiger partial charge in [-0.25, -0.2) is 0 Å². The van der Waals surface area contributed by atoms with E-state index >= 15 is 0 Å². The van der Waals surface area contributed by atoms with Crippen LogP contribution in [0.25, 0.3) is 0 Å². The van der Waals surface area contributed by atoms with Crippen molar-refractivity contribution in [1.82, 2.24) is 0 Å². The minimum atomic E-state index is -0.844. The summed E-state index contributed by atoms with van der Waals surface area (Å²) < 4.78 is 0. The van der Waals surface area contributed by atoms with Crippen molar-refractivity contribution in [3.63, 3.8) is 0 Å². The third-order valence-electron chi connectivity index (χ3n) is 3.01. The fourth-order valence-electron chi connectivity index (χ4n) is 1.86. The Kier molecular flexibility index (Phi) is 1.99. The van der Waals surface area contributed by atoms with E-state index in [2.05, 4.69) is 0 Å². The summed E-state index contributed by atoms with van der Waals surface area (Å²) in [5.41, 5.74) is -0.844. The van der Waals surface area contributed by atoms with Crippen LogP contribution in [0.15, 0.2) is 12.2 Å². The van der Waals surface area contributed by atoms with E-state index in [1.807, 2.05) is 13.8 Å². The molecule has 0 amide bonds. The van der Waals surface area contributed by atoms with Crippen LogP contribution in [0.5, 0.6) is 0 Å². The van der Waals surface area contributed by atoms with Gasteiger partial charge in [-0.1, -0.05) is 19.1 Å². The highest BCUT2D eigenvalue weighted by Gasteiger charge is 2.74. The Morgan fingerprint density at radius 2 is 2.08 bits per heavy atom. The molecule has 68 valence electrons. The first-order valence-corrected chi connectivity index (χ1v) is 4.35. The van der Waals surface area contributed by atoms with Crippen molar-refractivity contribution in [2.45, 2.75) is 25.6 Å². The highest BCUT2D eigenvalue weighted by Crippen LogP contribution is 2.67. The van der Waals surface area contributed by atoms with Gasteiger partial charge in [0, 0.05) is 0 Å². The lowest BCUT2D eigenvalue weighted by molar-refractivity contribution is -0.142. The lowest BCUT2D eigenvalue weighted by Crippen LogP contribution is -2.20. The van der Waals surface area contributed by atoms with Gasteiger partial charge in [-0.2, -0.15) is 0 Å². The van der Waals surface area contributed by atoms with Gasteiger partial charge in [-0.05, 0) is 19.8 Å². The zero-order valence-electron chi connectivity index (χ0n) is 7.47. The Balaban J connectivity index is 3.03. The molecule has 0 aromatic carbocycles. The van der Waals surface area contributed by atoms with E-state index in [1.54, 1.807) is 19.1 Å². The summed E-state index contributed by atoms with van der Waals surface area (Å²) >= 11 is 6.06. The van der Waals surface area contributed by atoms with Crippen LogP contribution in [0.2, 0.25) is 0 Å². The van der Waals surface area contributed by atoms with Crippen molar-refractivity contribution in [1.29, 1.82) is 0 Å². The number of allylic oxidation sites excluding steroid dienone is 1. The number of hydrogen-bond acceptors (Lipinski definition) is 1. The maximum atomic E-state index is 11.0. The van der Waals surface area contributed by atoms with Crippen molar-refractivity contribution >= 4 is 17.6 Å². The summed E-state index contributed by atoms with van der Waals surface area (Å²) in [7, 11) is 0. The molecule has 2 nitrogen and oxygen atoms in total. The minimum absolute atomic E-state index is 0.000340. The maximum Gasteiger partial charge on any atom is 0.315 e. The standard InChI is InChI=1S/C9H13ClO2/c1-4-5-9(7(11)12)6(2)8(9,3)10/h4-6H,1-3H3,(H,11,12). The molecular formula is C9H13ClO2. The maximum absolute atomic E-state index is 11.0. The molecule has 3 unspecified atom stereocenters. The van der Waals surface area contributed by atoms with Gasteiger partial charge in [0.15, 0.2) is 0 Å².